The SMILES string of the molecule is CCOC(=O)c1cc2n(n1)C[C@](C)(C(=O)NCc1ccccc1)N(CCc1ccccc1)C2=O. The summed E-state index contributed by atoms with van der Waals surface area (Å²) in [6.07, 6.45) is 0.590. The van der Waals surface area contributed by atoms with E-state index in [1.54, 1.807) is 18.7 Å². The van der Waals surface area contributed by atoms with Gasteiger partial charge in [0.2, 0.25) is 5.91 Å². The summed E-state index contributed by atoms with van der Waals surface area (Å²) in [7, 11) is 0. The third-order valence-electron chi connectivity index (χ3n) is 6.03. The standard InChI is InChI=1S/C26H28N4O4/c1-3-34-24(32)21-16-22-23(31)29(15-14-19-10-6-4-7-11-19)26(2,18-30(22)28-21)25(33)27-17-20-12-8-5-9-13-20/h4-13,16H,3,14-15,17-18H2,1-2H3,(H,27,33)/t26-/m1/s1. The van der Waals surface area contributed by atoms with Gasteiger partial charge in [0.1, 0.15) is 11.2 Å². The Bertz CT molecular complexity index is 1180. The van der Waals surface area contributed by atoms with Crippen molar-refractivity contribution < 1.29 is 19.1 Å². The van der Waals surface area contributed by atoms with E-state index in [1.807, 2.05) is 60.7 Å². The Labute approximate surface area is 198 Å². The topological polar surface area (TPSA) is 93.5 Å². The molecular weight excluding hydrogens is 432 g/mol. The molecule has 3 aromatic rings. The van der Waals surface area contributed by atoms with Crippen molar-refractivity contribution in [2.75, 3.05) is 13.2 Å². The van der Waals surface area contributed by atoms with Crippen LogP contribution in [0.4, 0.5) is 0 Å². The molecule has 1 aliphatic rings. The normalized spacial score (nSPS) is 17.2. The lowest BCUT2D eigenvalue weighted by Gasteiger charge is -2.43. The van der Waals surface area contributed by atoms with Gasteiger partial charge in [0, 0.05) is 19.2 Å². The Hall–Kier alpha value is -3.94. The number of carbonyl (C=O) groups excluding carboxylic acids is 3. The number of hydrogen-bond donors (Lipinski definition) is 1. The maximum absolute atomic E-state index is 13.6. The monoisotopic (exact) mass is 460 g/mol. The number of ether oxygens (including phenoxy) is 1. The van der Waals surface area contributed by atoms with Gasteiger partial charge in [-0.05, 0) is 31.4 Å². The molecule has 1 atom stereocenters. The number of hydrogen-bond acceptors (Lipinski definition) is 5. The highest BCUT2D eigenvalue weighted by molar-refractivity contribution is 6.01. The molecule has 2 heterocycles. The van der Waals surface area contributed by atoms with E-state index in [9.17, 15) is 14.4 Å². The van der Waals surface area contributed by atoms with E-state index >= 15 is 0 Å². The average Bonchev–Trinajstić information content (AvgIpc) is 3.28. The van der Waals surface area contributed by atoms with Crippen LogP contribution in [0.15, 0.2) is 66.7 Å². The molecule has 0 fully saturated rings. The fraction of sp³-hybridized carbons (Fsp3) is 0.308. The van der Waals surface area contributed by atoms with Gasteiger partial charge in [-0.25, -0.2) is 4.79 Å². The summed E-state index contributed by atoms with van der Waals surface area (Å²) in [6.45, 7) is 4.47. The molecule has 176 valence electrons. The number of nitrogens with one attached hydrogen (secondary N) is 1. The number of benzene rings is 2. The molecule has 2 aromatic carbocycles. The zero-order valence-corrected chi connectivity index (χ0v) is 19.4. The molecule has 0 bridgehead atoms. The number of amides is 2. The van der Waals surface area contributed by atoms with Crippen molar-refractivity contribution in [3.63, 3.8) is 0 Å². The van der Waals surface area contributed by atoms with Crippen LogP contribution in [0.25, 0.3) is 0 Å². The summed E-state index contributed by atoms with van der Waals surface area (Å²) >= 11 is 0. The van der Waals surface area contributed by atoms with Crippen molar-refractivity contribution >= 4 is 17.8 Å². The van der Waals surface area contributed by atoms with Gasteiger partial charge in [-0.1, -0.05) is 60.7 Å². The third kappa shape index (κ3) is 4.71. The molecule has 4 rings (SSSR count). The van der Waals surface area contributed by atoms with Crippen LogP contribution in [0, 0.1) is 0 Å². The highest BCUT2D eigenvalue weighted by Gasteiger charge is 2.48. The Kier molecular flexibility index (Phi) is 6.77. The fourth-order valence-electron chi connectivity index (χ4n) is 4.15. The van der Waals surface area contributed by atoms with E-state index in [1.165, 1.54) is 10.7 Å². The van der Waals surface area contributed by atoms with Crippen molar-refractivity contribution in [1.82, 2.24) is 20.0 Å². The first-order valence-corrected chi connectivity index (χ1v) is 11.4. The fourth-order valence-corrected chi connectivity index (χ4v) is 4.15. The Morgan fingerprint density at radius 3 is 2.35 bits per heavy atom. The van der Waals surface area contributed by atoms with Crippen LogP contribution in [0.5, 0.6) is 0 Å². The molecule has 0 radical (unpaired) electrons. The lowest BCUT2D eigenvalue weighted by molar-refractivity contribution is -0.133. The van der Waals surface area contributed by atoms with Gasteiger partial charge in [0.05, 0.1) is 13.2 Å². The van der Waals surface area contributed by atoms with Gasteiger partial charge < -0.3 is 15.0 Å². The van der Waals surface area contributed by atoms with Gasteiger partial charge in [-0.2, -0.15) is 5.10 Å². The van der Waals surface area contributed by atoms with E-state index in [2.05, 4.69) is 10.4 Å². The average molecular weight is 461 g/mol. The Balaban J connectivity index is 1.62. The highest BCUT2D eigenvalue weighted by atomic mass is 16.5. The second-order valence-electron chi connectivity index (χ2n) is 8.43. The lowest BCUT2D eigenvalue weighted by Crippen LogP contribution is -2.64. The van der Waals surface area contributed by atoms with Gasteiger partial charge in [0.25, 0.3) is 5.91 Å². The molecule has 1 N–H and O–H groups in total. The molecule has 8 nitrogen and oxygen atoms in total. The van der Waals surface area contributed by atoms with Crippen LogP contribution in [-0.4, -0.2) is 51.2 Å². The Morgan fingerprint density at radius 2 is 1.71 bits per heavy atom. The van der Waals surface area contributed by atoms with Gasteiger partial charge in [-0.3, -0.25) is 14.3 Å². The summed E-state index contributed by atoms with van der Waals surface area (Å²) in [4.78, 5) is 40.8. The number of nitrogens with zero attached hydrogens (tertiary/aromatic N) is 3. The Morgan fingerprint density at radius 1 is 1.06 bits per heavy atom. The minimum atomic E-state index is -1.19. The van der Waals surface area contributed by atoms with Crippen molar-refractivity contribution in [3.05, 3.63) is 89.2 Å². The molecule has 0 saturated carbocycles. The predicted molar refractivity (Wildman–Crippen MR) is 126 cm³/mol. The zero-order chi connectivity index (χ0) is 24.1. The molecule has 0 unspecified atom stereocenters. The quantitative estimate of drug-likeness (QED) is 0.522. The summed E-state index contributed by atoms with van der Waals surface area (Å²) < 4.78 is 6.48. The minimum Gasteiger partial charge on any atom is -0.461 e. The molecular formula is C26H28N4O4. The van der Waals surface area contributed by atoms with Crippen LogP contribution in [0.1, 0.15) is 46.0 Å². The third-order valence-corrected chi connectivity index (χ3v) is 6.03. The van der Waals surface area contributed by atoms with E-state index in [4.69, 9.17) is 4.74 Å². The van der Waals surface area contributed by atoms with Crippen molar-refractivity contribution in [2.45, 2.75) is 38.9 Å². The van der Waals surface area contributed by atoms with Crippen molar-refractivity contribution in [1.29, 1.82) is 0 Å². The van der Waals surface area contributed by atoms with E-state index in [-0.39, 0.29) is 36.4 Å². The number of rotatable bonds is 8. The zero-order valence-electron chi connectivity index (χ0n) is 19.4. The second kappa shape index (κ2) is 9.91. The summed E-state index contributed by atoms with van der Waals surface area (Å²) in [5.74, 6) is -1.22. The van der Waals surface area contributed by atoms with E-state index in [0.717, 1.165) is 11.1 Å². The van der Waals surface area contributed by atoms with Crippen LogP contribution >= 0.6 is 0 Å². The summed E-state index contributed by atoms with van der Waals surface area (Å²) in [6, 6.07) is 20.8. The van der Waals surface area contributed by atoms with E-state index < -0.39 is 11.5 Å². The van der Waals surface area contributed by atoms with Gasteiger partial charge in [0.15, 0.2) is 5.69 Å². The molecule has 0 saturated heterocycles. The first kappa shape index (κ1) is 23.2. The molecule has 0 spiro atoms. The largest absolute Gasteiger partial charge is 0.461 e. The van der Waals surface area contributed by atoms with Crippen LogP contribution in [-0.2, 0) is 29.0 Å². The molecule has 8 heteroatoms. The van der Waals surface area contributed by atoms with E-state index in [0.29, 0.717) is 19.5 Å². The van der Waals surface area contributed by atoms with Crippen LogP contribution < -0.4 is 5.32 Å². The maximum Gasteiger partial charge on any atom is 0.358 e. The van der Waals surface area contributed by atoms with Crippen LogP contribution in [0.3, 0.4) is 0 Å². The van der Waals surface area contributed by atoms with Crippen molar-refractivity contribution in [2.24, 2.45) is 0 Å². The van der Waals surface area contributed by atoms with Crippen molar-refractivity contribution in [3.8, 4) is 0 Å². The van der Waals surface area contributed by atoms with Gasteiger partial charge >= 0.3 is 5.97 Å². The number of carbonyl (C=O) groups is 3. The lowest BCUT2D eigenvalue weighted by atomic mass is 9.94. The first-order valence-electron chi connectivity index (χ1n) is 11.4. The first-order chi connectivity index (χ1) is 16.4. The molecule has 0 aliphatic carbocycles. The number of aromatic nitrogens is 2. The summed E-state index contributed by atoms with van der Waals surface area (Å²) in [5, 5.41) is 7.26. The highest BCUT2D eigenvalue weighted by Crippen LogP contribution is 2.28. The number of fused-ring (bicyclic) bond motifs is 1. The number of esters is 1. The van der Waals surface area contributed by atoms with Gasteiger partial charge in [-0.15, -0.1) is 0 Å². The predicted octanol–water partition coefficient (Wildman–Crippen LogP) is 2.83. The summed E-state index contributed by atoms with van der Waals surface area (Å²) in [5.41, 5.74) is 1.16. The second-order valence-corrected chi connectivity index (χ2v) is 8.43. The molecule has 2 amide bonds. The van der Waals surface area contributed by atoms with Crippen LogP contribution in [0.2, 0.25) is 0 Å². The maximum atomic E-state index is 13.6. The molecule has 1 aliphatic heterocycles. The minimum absolute atomic E-state index is 0.0575. The smallest absolute Gasteiger partial charge is 0.358 e. The molecule has 1 aromatic heterocycles. The molecule has 34 heavy (non-hydrogen) atoms.